The highest BCUT2D eigenvalue weighted by Crippen LogP contribution is 2.40. The minimum atomic E-state index is -4.79. The smallest absolute Gasteiger partial charge is 0.424 e. The number of ether oxygens (including phenoxy) is 1. The van der Waals surface area contributed by atoms with E-state index in [4.69, 9.17) is 10.2 Å². The summed E-state index contributed by atoms with van der Waals surface area (Å²) in [5.41, 5.74) is 5.98. The zero-order valence-corrected chi connectivity index (χ0v) is 21.9. The molecular formula is C28H29F7N4O2. The van der Waals surface area contributed by atoms with Crippen LogP contribution in [-0.2, 0) is 6.18 Å². The zero-order chi connectivity index (χ0) is 29.4. The van der Waals surface area contributed by atoms with Crippen LogP contribution in [-0.4, -0.2) is 36.0 Å². The van der Waals surface area contributed by atoms with Gasteiger partial charge in [-0.3, -0.25) is 0 Å². The van der Waals surface area contributed by atoms with Crippen molar-refractivity contribution in [2.75, 3.05) is 23.3 Å². The van der Waals surface area contributed by atoms with Gasteiger partial charge >= 0.3 is 12.5 Å². The monoisotopic (exact) mass is 586 g/mol. The number of piperidine rings is 1. The van der Waals surface area contributed by atoms with E-state index in [1.165, 1.54) is 36.5 Å². The first-order valence-electron chi connectivity index (χ1n) is 13.3. The van der Waals surface area contributed by atoms with Gasteiger partial charge in [0.15, 0.2) is 5.76 Å². The standard InChI is InChI=1S/C28H29F7N4O2/c29-22-14-19(8-11-21(22)27(30,31)32)39-13-3-4-18(16-39)26(36)12-2-1-5-24(26)38-25-37-15-23(40-25)17-6-9-20(10-7-17)41-28(33,34)35/h6-11,14-15,18,24H,1-5,12-13,16,36H2,(H,37,38)/t18?,24?,26-/m0/s1. The number of benzene rings is 2. The van der Waals surface area contributed by atoms with Crippen molar-refractivity contribution in [3.05, 3.63) is 60.0 Å². The molecule has 13 heteroatoms. The number of aromatic nitrogens is 1. The Morgan fingerprint density at radius 1 is 1.00 bits per heavy atom. The molecule has 222 valence electrons. The van der Waals surface area contributed by atoms with Crippen LogP contribution in [0.5, 0.6) is 5.75 Å². The normalized spacial score (nSPS) is 23.9. The first-order chi connectivity index (χ1) is 19.3. The molecule has 6 nitrogen and oxygen atoms in total. The largest absolute Gasteiger partial charge is 0.573 e. The molecule has 0 amide bonds. The Hall–Kier alpha value is -3.48. The first kappa shape index (κ1) is 29.0. The van der Waals surface area contributed by atoms with Crippen LogP contribution in [0.1, 0.15) is 44.1 Å². The molecule has 3 N–H and O–H groups in total. The third-order valence-corrected chi connectivity index (χ3v) is 7.98. The number of alkyl halides is 6. The molecule has 41 heavy (non-hydrogen) atoms. The van der Waals surface area contributed by atoms with Gasteiger partial charge in [-0.1, -0.05) is 12.8 Å². The second-order valence-corrected chi connectivity index (χ2v) is 10.6. The fraction of sp³-hybridized carbons (Fsp3) is 0.464. The topological polar surface area (TPSA) is 76.5 Å². The van der Waals surface area contributed by atoms with Crippen LogP contribution >= 0.6 is 0 Å². The molecule has 3 aromatic rings. The number of hydrogen-bond acceptors (Lipinski definition) is 6. The molecule has 1 saturated carbocycles. The molecule has 0 radical (unpaired) electrons. The van der Waals surface area contributed by atoms with Gasteiger partial charge in [-0.05, 0) is 74.1 Å². The van der Waals surface area contributed by atoms with Gasteiger partial charge in [0.05, 0.1) is 11.8 Å². The van der Waals surface area contributed by atoms with E-state index in [0.29, 0.717) is 36.5 Å². The molecule has 1 aromatic heterocycles. The van der Waals surface area contributed by atoms with E-state index in [0.717, 1.165) is 44.2 Å². The average Bonchev–Trinajstić information content (AvgIpc) is 3.37. The molecule has 2 fully saturated rings. The molecule has 1 aliphatic carbocycles. The summed E-state index contributed by atoms with van der Waals surface area (Å²) in [5, 5.41) is 3.31. The number of nitrogens with zero attached hydrogens (tertiary/aromatic N) is 2. The van der Waals surface area contributed by atoms with Crippen molar-refractivity contribution in [3.8, 4) is 17.1 Å². The average molecular weight is 587 g/mol. The van der Waals surface area contributed by atoms with Crippen LogP contribution in [0.25, 0.3) is 11.3 Å². The van der Waals surface area contributed by atoms with Crippen molar-refractivity contribution in [1.29, 1.82) is 0 Å². The van der Waals surface area contributed by atoms with Crippen LogP contribution in [0.2, 0.25) is 0 Å². The summed E-state index contributed by atoms with van der Waals surface area (Å²) in [5.74, 6) is -1.35. The Morgan fingerprint density at radius 2 is 1.76 bits per heavy atom. The Bertz CT molecular complexity index is 1340. The summed E-state index contributed by atoms with van der Waals surface area (Å²) in [6.45, 7) is 1.04. The van der Waals surface area contributed by atoms with Gasteiger partial charge in [-0.25, -0.2) is 9.37 Å². The highest BCUT2D eigenvalue weighted by atomic mass is 19.4. The summed E-state index contributed by atoms with van der Waals surface area (Å²) in [7, 11) is 0. The summed E-state index contributed by atoms with van der Waals surface area (Å²) >= 11 is 0. The fourth-order valence-electron chi connectivity index (χ4n) is 5.94. The lowest BCUT2D eigenvalue weighted by molar-refractivity contribution is -0.274. The van der Waals surface area contributed by atoms with Crippen molar-refractivity contribution in [1.82, 2.24) is 4.98 Å². The Morgan fingerprint density at radius 3 is 2.44 bits per heavy atom. The third-order valence-electron chi connectivity index (χ3n) is 7.98. The Balaban J connectivity index is 1.29. The van der Waals surface area contributed by atoms with Crippen LogP contribution < -0.4 is 20.7 Å². The van der Waals surface area contributed by atoms with E-state index in [-0.39, 0.29) is 23.7 Å². The van der Waals surface area contributed by atoms with Crippen LogP contribution in [0, 0.1) is 11.7 Å². The summed E-state index contributed by atoms with van der Waals surface area (Å²) in [4.78, 5) is 6.17. The Kier molecular flexibility index (Phi) is 7.84. The van der Waals surface area contributed by atoms with Crippen molar-refractivity contribution in [2.45, 2.75) is 62.6 Å². The van der Waals surface area contributed by atoms with E-state index in [1.807, 2.05) is 4.90 Å². The minimum Gasteiger partial charge on any atom is -0.424 e. The molecule has 5 rings (SSSR count). The van der Waals surface area contributed by atoms with Crippen LogP contribution in [0.3, 0.4) is 0 Å². The SMILES string of the molecule is N[C@]1(C2CCCN(c3ccc(C(F)(F)F)c(F)c3)C2)CCCCC1Nc1ncc(-c2ccc(OC(F)(F)F)cc2)o1. The zero-order valence-electron chi connectivity index (χ0n) is 21.9. The molecule has 2 unspecified atom stereocenters. The maximum absolute atomic E-state index is 14.3. The van der Waals surface area contributed by atoms with Crippen molar-refractivity contribution in [2.24, 2.45) is 11.7 Å². The van der Waals surface area contributed by atoms with Gasteiger partial charge in [-0.15, -0.1) is 13.2 Å². The second-order valence-electron chi connectivity index (χ2n) is 10.6. The lowest BCUT2D eigenvalue weighted by atomic mass is 9.67. The fourth-order valence-corrected chi connectivity index (χ4v) is 5.94. The minimum absolute atomic E-state index is 0.0324. The molecule has 2 aromatic carbocycles. The molecule has 1 aliphatic heterocycles. The van der Waals surface area contributed by atoms with E-state index < -0.39 is 29.5 Å². The highest BCUT2D eigenvalue weighted by Gasteiger charge is 2.46. The molecule has 0 spiro atoms. The second kappa shape index (κ2) is 11.1. The number of oxazole rings is 1. The van der Waals surface area contributed by atoms with Gasteiger partial charge in [0.2, 0.25) is 0 Å². The third kappa shape index (κ3) is 6.55. The quantitative estimate of drug-likeness (QED) is 0.294. The van der Waals surface area contributed by atoms with Gasteiger partial charge in [0, 0.05) is 35.9 Å². The van der Waals surface area contributed by atoms with Gasteiger partial charge in [-0.2, -0.15) is 13.2 Å². The molecular weight excluding hydrogens is 557 g/mol. The highest BCUT2D eigenvalue weighted by molar-refractivity contribution is 5.58. The molecule has 1 saturated heterocycles. The van der Waals surface area contributed by atoms with Crippen LogP contribution in [0.15, 0.2) is 53.1 Å². The number of rotatable bonds is 6. The molecule has 0 bridgehead atoms. The van der Waals surface area contributed by atoms with E-state index >= 15 is 0 Å². The number of anilines is 2. The molecule has 2 heterocycles. The number of nitrogens with one attached hydrogen (secondary N) is 1. The van der Waals surface area contributed by atoms with E-state index in [9.17, 15) is 30.7 Å². The number of hydrogen-bond donors (Lipinski definition) is 2. The van der Waals surface area contributed by atoms with Gasteiger partial charge in [0.1, 0.15) is 11.6 Å². The lowest BCUT2D eigenvalue weighted by Gasteiger charge is -2.50. The maximum atomic E-state index is 14.3. The molecule has 3 atom stereocenters. The Labute approximate surface area is 231 Å². The predicted octanol–water partition coefficient (Wildman–Crippen LogP) is 7.37. The van der Waals surface area contributed by atoms with E-state index in [2.05, 4.69) is 15.0 Å². The summed E-state index contributed by atoms with van der Waals surface area (Å²) in [6, 6.07) is 8.22. The van der Waals surface area contributed by atoms with Crippen LogP contribution in [0.4, 0.5) is 42.4 Å². The lowest BCUT2D eigenvalue weighted by Crippen LogP contribution is -2.63. The predicted molar refractivity (Wildman–Crippen MR) is 138 cm³/mol. The summed E-state index contributed by atoms with van der Waals surface area (Å²) in [6.07, 6.45) is -3.27. The van der Waals surface area contributed by atoms with Crippen molar-refractivity contribution >= 4 is 11.7 Å². The molecule has 2 aliphatic rings. The van der Waals surface area contributed by atoms with Gasteiger partial charge in [0.25, 0.3) is 6.01 Å². The van der Waals surface area contributed by atoms with Crippen molar-refractivity contribution in [3.63, 3.8) is 0 Å². The van der Waals surface area contributed by atoms with Crippen molar-refractivity contribution < 1.29 is 39.9 Å². The first-order valence-corrected chi connectivity index (χ1v) is 13.3. The van der Waals surface area contributed by atoms with Gasteiger partial charge < -0.3 is 25.1 Å². The number of nitrogens with two attached hydrogens (primary N) is 1. The van der Waals surface area contributed by atoms with E-state index in [1.54, 1.807) is 0 Å². The number of halogens is 7. The maximum Gasteiger partial charge on any atom is 0.573 e. The summed E-state index contributed by atoms with van der Waals surface area (Å²) < 4.78 is 100.